The van der Waals surface area contributed by atoms with Crippen molar-refractivity contribution in [2.24, 2.45) is 5.92 Å². The number of amides is 2. The van der Waals surface area contributed by atoms with Crippen LogP contribution in [0, 0.1) is 5.92 Å². The summed E-state index contributed by atoms with van der Waals surface area (Å²) in [5, 5.41) is 14.8. The van der Waals surface area contributed by atoms with Crippen LogP contribution < -0.4 is 10.6 Å². The van der Waals surface area contributed by atoms with Gasteiger partial charge in [0, 0.05) is 17.8 Å². The molecule has 5 nitrogen and oxygen atoms in total. The van der Waals surface area contributed by atoms with Crippen molar-refractivity contribution in [1.29, 1.82) is 0 Å². The van der Waals surface area contributed by atoms with E-state index in [0.29, 0.717) is 6.42 Å². The third-order valence-corrected chi connectivity index (χ3v) is 4.45. The first-order valence-corrected chi connectivity index (χ1v) is 8.06. The molecule has 3 N–H and O–H groups in total. The minimum atomic E-state index is -0.750. The standard InChI is InChI=1S/C13H24N2O3S/c1-3-19-8-9(2)14-13(18)15-11-6-4-5-10(7-11)12(16)17/h9-11H,3-8H2,1-2H3,(H,16,17)(H2,14,15,18). The fourth-order valence-corrected chi connectivity index (χ4v) is 3.00. The van der Waals surface area contributed by atoms with Crippen molar-refractivity contribution < 1.29 is 14.7 Å². The molecular formula is C13H24N2O3S. The summed E-state index contributed by atoms with van der Waals surface area (Å²) in [5.41, 5.74) is 0. The smallest absolute Gasteiger partial charge is 0.315 e. The van der Waals surface area contributed by atoms with Gasteiger partial charge in [-0.15, -0.1) is 0 Å². The Kier molecular flexibility index (Phi) is 7.05. The van der Waals surface area contributed by atoms with Gasteiger partial charge in [0.2, 0.25) is 0 Å². The van der Waals surface area contributed by atoms with Gasteiger partial charge in [-0.25, -0.2) is 4.79 Å². The predicted molar refractivity (Wildman–Crippen MR) is 77.5 cm³/mol. The highest BCUT2D eigenvalue weighted by molar-refractivity contribution is 7.99. The maximum atomic E-state index is 11.8. The second-order valence-corrected chi connectivity index (χ2v) is 6.40. The van der Waals surface area contributed by atoms with Gasteiger partial charge in [0.05, 0.1) is 5.92 Å². The molecule has 0 aliphatic heterocycles. The Hall–Kier alpha value is -0.910. The van der Waals surface area contributed by atoms with Crippen LogP contribution in [0.3, 0.4) is 0 Å². The molecule has 0 bridgehead atoms. The Morgan fingerprint density at radius 3 is 2.79 bits per heavy atom. The Balaban J connectivity index is 2.29. The van der Waals surface area contributed by atoms with Crippen molar-refractivity contribution >= 4 is 23.8 Å². The molecule has 1 rings (SSSR count). The van der Waals surface area contributed by atoms with E-state index in [2.05, 4.69) is 17.6 Å². The van der Waals surface area contributed by atoms with Crippen LogP contribution in [-0.2, 0) is 4.79 Å². The summed E-state index contributed by atoms with van der Waals surface area (Å²) in [6.45, 7) is 4.06. The zero-order chi connectivity index (χ0) is 14.3. The van der Waals surface area contributed by atoms with Crippen LogP contribution in [0.15, 0.2) is 0 Å². The quantitative estimate of drug-likeness (QED) is 0.699. The molecule has 0 aromatic rings. The van der Waals surface area contributed by atoms with E-state index in [1.54, 1.807) is 11.8 Å². The Labute approximate surface area is 118 Å². The van der Waals surface area contributed by atoms with Crippen LogP contribution in [0.4, 0.5) is 4.79 Å². The number of thioether (sulfide) groups is 1. The highest BCUT2D eigenvalue weighted by atomic mass is 32.2. The minimum Gasteiger partial charge on any atom is -0.481 e. The summed E-state index contributed by atoms with van der Waals surface area (Å²) in [4.78, 5) is 22.7. The number of carbonyl (C=O) groups is 2. The van der Waals surface area contributed by atoms with Crippen LogP contribution in [-0.4, -0.2) is 40.7 Å². The maximum Gasteiger partial charge on any atom is 0.315 e. The summed E-state index contributed by atoms with van der Waals surface area (Å²) >= 11 is 1.79. The molecule has 1 aliphatic rings. The second-order valence-electron chi connectivity index (χ2n) is 5.08. The van der Waals surface area contributed by atoms with Gasteiger partial charge in [0.15, 0.2) is 0 Å². The SMILES string of the molecule is CCSCC(C)NC(=O)NC1CCCC(C(=O)O)C1. The number of aliphatic carboxylic acids is 1. The molecule has 1 saturated carbocycles. The van der Waals surface area contributed by atoms with E-state index in [4.69, 9.17) is 5.11 Å². The molecule has 110 valence electrons. The first-order chi connectivity index (χ1) is 9.02. The van der Waals surface area contributed by atoms with Crippen LogP contribution >= 0.6 is 11.8 Å². The summed E-state index contributed by atoms with van der Waals surface area (Å²) in [7, 11) is 0. The van der Waals surface area contributed by atoms with Crippen LogP contribution in [0.25, 0.3) is 0 Å². The molecule has 3 unspecified atom stereocenters. The van der Waals surface area contributed by atoms with Crippen LogP contribution in [0.5, 0.6) is 0 Å². The van der Waals surface area contributed by atoms with E-state index in [1.807, 2.05) is 6.92 Å². The molecule has 6 heteroatoms. The second kappa shape index (κ2) is 8.30. The summed E-state index contributed by atoms with van der Waals surface area (Å²) in [6, 6.07) is -0.0649. The van der Waals surface area contributed by atoms with Gasteiger partial charge in [-0.2, -0.15) is 11.8 Å². The zero-order valence-electron chi connectivity index (χ0n) is 11.6. The number of hydrogen-bond donors (Lipinski definition) is 3. The number of carbonyl (C=O) groups excluding carboxylic acids is 1. The first-order valence-electron chi connectivity index (χ1n) is 6.90. The van der Waals surface area contributed by atoms with Crippen LogP contribution in [0.1, 0.15) is 39.5 Å². The molecule has 1 aliphatic carbocycles. The van der Waals surface area contributed by atoms with E-state index in [1.165, 1.54) is 0 Å². The molecule has 0 aromatic heterocycles. The number of hydrogen-bond acceptors (Lipinski definition) is 3. The van der Waals surface area contributed by atoms with Gasteiger partial charge in [0.25, 0.3) is 0 Å². The van der Waals surface area contributed by atoms with E-state index in [0.717, 1.165) is 30.8 Å². The maximum absolute atomic E-state index is 11.8. The summed E-state index contributed by atoms with van der Waals surface area (Å²) in [5.74, 6) is 0.870. The van der Waals surface area contributed by atoms with E-state index in [9.17, 15) is 9.59 Å². The van der Waals surface area contributed by atoms with E-state index in [-0.39, 0.29) is 24.0 Å². The largest absolute Gasteiger partial charge is 0.481 e. The Morgan fingerprint density at radius 2 is 2.16 bits per heavy atom. The molecule has 0 spiro atoms. The van der Waals surface area contributed by atoms with Crippen molar-refractivity contribution in [3.8, 4) is 0 Å². The highest BCUT2D eigenvalue weighted by Gasteiger charge is 2.27. The number of rotatable bonds is 6. The summed E-state index contributed by atoms with van der Waals surface area (Å²) < 4.78 is 0. The Morgan fingerprint density at radius 1 is 1.42 bits per heavy atom. The third kappa shape index (κ3) is 6.18. The molecule has 0 saturated heterocycles. The van der Waals surface area contributed by atoms with E-state index < -0.39 is 5.97 Å². The van der Waals surface area contributed by atoms with Gasteiger partial charge >= 0.3 is 12.0 Å². The fourth-order valence-electron chi connectivity index (χ4n) is 2.33. The van der Waals surface area contributed by atoms with Gasteiger partial charge in [-0.05, 0) is 31.9 Å². The zero-order valence-corrected chi connectivity index (χ0v) is 12.5. The van der Waals surface area contributed by atoms with Gasteiger partial charge < -0.3 is 15.7 Å². The topological polar surface area (TPSA) is 78.4 Å². The molecular weight excluding hydrogens is 264 g/mol. The minimum absolute atomic E-state index is 0.0131. The summed E-state index contributed by atoms with van der Waals surface area (Å²) in [6.07, 6.45) is 3.00. The molecule has 1 fully saturated rings. The highest BCUT2D eigenvalue weighted by Crippen LogP contribution is 2.24. The fraction of sp³-hybridized carbons (Fsp3) is 0.846. The van der Waals surface area contributed by atoms with Gasteiger partial charge in [0.1, 0.15) is 0 Å². The molecule has 19 heavy (non-hydrogen) atoms. The van der Waals surface area contributed by atoms with Gasteiger partial charge in [-0.1, -0.05) is 13.3 Å². The predicted octanol–water partition coefficient (Wildman–Crippen LogP) is 2.07. The number of urea groups is 1. The van der Waals surface area contributed by atoms with Gasteiger partial charge in [-0.3, -0.25) is 4.79 Å². The molecule has 2 amide bonds. The Bertz CT molecular complexity index is 312. The first kappa shape index (κ1) is 16.1. The average molecular weight is 288 g/mol. The lowest BCUT2D eigenvalue weighted by atomic mass is 9.86. The van der Waals surface area contributed by atoms with Crippen molar-refractivity contribution in [3.63, 3.8) is 0 Å². The number of nitrogens with one attached hydrogen (secondary N) is 2. The van der Waals surface area contributed by atoms with Crippen LogP contribution in [0.2, 0.25) is 0 Å². The lowest BCUT2D eigenvalue weighted by Gasteiger charge is -2.28. The average Bonchev–Trinajstić information content (AvgIpc) is 2.36. The monoisotopic (exact) mass is 288 g/mol. The molecule has 3 atom stereocenters. The third-order valence-electron chi connectivity index (χ3n) is 3.31. The lowest BCUT2D eigenvalue weighted by Crippen LogP contribution is -2.48. The molecule has 0 radical (unpaired) electrons. The van der Waals surface area contributed by atoms with Crippen molar-refractivity contribution in [3.05, 3.63) is 0 Å². The van der Waals surface area contributed by atoms with E-state index >= 15 is 0 Å². The van der Waals surface area contributed by atoms with Crippen molar-refractivity contribution in [1.82, 2.24) is 10.6 Å². The number of carboxylic acid groups (broad SMARTS) is 1. The van der Waals surface area contributed by atoms with Crippen molar-refractivity contribution in [2.45, 2.75) is 51.6 Å². The molecule has 0 aromatic carbocycles. The number of carboxylic acids is 1. The lowest BCUT2D eigenvalue weighted by molar-refractivity contribution is -0.143. The molecule has 0 heterocycles. The van der Waals surface area contributed by atoms with Crippen molar-refractivity contribution in [2.75, 3.05) is 11.5 Å². The normalized spacial score (nSPS) is 24.5.